The Kier molecular flexibility index (Phi) is 6.51. The van der Waals surface area contributed by atoms with Gasteiger partial charge >= 0.3 is 0 Å². The van der Waals surface area contributed by atoms with E-state index in [1.54, 1.807) is 0 Å². The van der Waals surface area contributed by atoms with E-state index in [1.807, 2.05) is 48.5 Å². The van der Waals surface area contributed by atoms with Gasteiger partial charge in [0.1, 0.15) is 24.7 Å². The van der Waals surface area contributed by atoms with Gasteiger partial charge in [-0.15, -0.1) is 0 Å². The standard InChI is InChI=1S/C20H25NO3/c1-2-8-18(9-3-1)23-13-14-24-20-11-5-4-7-17(20)15-21-16-19-10-6-12-22-19/h1-5,7-9,11,19,21H,6,10,12-16H2. The summed E-state index contributed by atoms with van der Waals surface area (Å²) in [5.74, 6) is 1.78. The second-order valence-electron chi connectivity index (χ2n) is 5.88. The van der Waals surface area contributed by atoms with Crippen LogP contribution in [-0.4, -0.2) is 32.5 Å². The second kappa shape index (κ2) is 9.30. The van der Waals surface area contributed by atoms with Crippen LogP contribution in [0.4, 0.5) is 0 Å². The average molecular weight is 327 g/mol. The van der Waals surface area contributed by atoms with Crippen molar-refractivity contribution in [3.63, 3.8) is 0 Å². The van der Waals surface area contributed by atoms with E-state index in [0.29, 0.717) is 19.3 Å². The minimum atomic E-state index is 0.359. The van der Waals surface area contributed by atoms with Crippen molar-refractivity contribution in [2.24, 2.45) is 0 Å². The zero-order valence-electron chi connectivity index (χ0n) is 13.9. The van der Waals surface area contributed by atoms with Crippen LogP contribution in [0.1, 0.15) is 18.4 Å². The van der Waals surface area contributed by atoms with Gasteiger partial charge in [0.15, 0.2) is 0 Å². The molecular weight excluding hydrogens is 302 g/mol. The largest absolute Gasteiger partial charge is 0.490 e. The Balaban J connectivity index is 1.41. The number of ether oxygens (including phenoxy) is 3. The van der Waals surface area contributed by atoms with Gasteiger partial charge in [-0.05, 0) is 31.0 Å². The van der Waals surface area contributed by atoms with Crippen LogP contribution in [-0.2, 0) is 11.3 Å². The van der Waals surface area contributed by atoms with Gasteiger partial charge in [0.2, 0.25) is 0 Å². The second-order valence-corrected chi connectivity index (χ2v) is 5.88. The number of hydrogen-bond acceptors (Lipinski definition) is 4. The van der Waals surface area contributed by atoms with Gasteiger partial charge < -0.3 is 19.5 Å². The Morgan fingerprint density at radius 3 is 2.58 bits per heavy atom. The van der Waals surface area contributed by atoms with Crippen molar-refractivity contribution < 1.29 is 14.2 Å². The van der Waals surface area contributed by atoms with E-state index in [2.05, 4.69) is 11.4 Å². The van der Waals surface area contributed by atoms with Crippen LogP contribution >= 0.6 is 0 Å². The van der Waals surface area contributed by atoms with Crippen molar-refractivity contribution in [1.82, 2.24) is 5.32 Å². The molecule has 1 unspecified atom stereocenters. The first-order chi connectivity index (χ1) is 11.9. The summed E-state index contributed by atoms with van der Waals surface area (Å²) in [5, 5.41) is 3.46. The maximum atomic E-state index is 5.89. The smallest absolute Gasteiger partial charge is 0.123 e. The van der Waals surface area contributed by atoms with Gasteiger partial charge in [0, 0.05) is 25.3 Å². The SMILES string of the molecule is c1ccc(OCCOc2ccccc2CNCC2CCCO2)cc1. The maximum Gasteiger partial charge on any atom is 0.123 e. The predicted octanol–water partition coefficient (Wildman–Crippen LogP) is 3.41. The quantitative estimate of drug-likeness (QED) is 0.717. The highest BCUT2D eigenvalue weighted by molar-refractivity contribution is 5.33. The molecular formula is C20H25NO3. The minimum absolute atomic E-state index is 0.359. The summed E-state index contributed by atoms with van der Waals surface area (Å²) < 4.78 is 17.2. The first-order valence-electron chi connectivity index (χ1n) is 8.63. The number of nitrogens with one attached hydrogen (secondary N) is 1. The topological polar surface area (TPSA) is 39.7 Å². The molecule has 0 aromatic heterocycles. The number of para-hydroxylation sites is 2. The molecule has 1 saturated heterocycles. The molecule has 4 nitrogen and oxygen atoms in total. The summed E-state index contributed by atoms with van der Waals surface area (Å²) in [6, 6.07) is 17.9. The molecule has 0 aliphatic carbocycles. The molecule has 0 bridgehead atoms. The van der Waals surface area contributed by atoms with E-state index in [1.165, 1.54) is 6.42 Å². The fraction of sp³-hybridized carbons (Fsp3) is 0.400. The molecule has 3 rings (SSSR count). The number of rotatable bonds is 9. The van der Waals surface area contributed by atoms with Gasteiger partial charge in [-0.25, -0.2) is 0 Å². The van der Waals surface area contributed by atoms with Crippen molar-refractivity contribution >= 4 is 0 Å². The molecule has 0 saturated carbocycles. The predicted molar refractivity (Wildman–Crippen MR) is 94.6 cm³/mol. The first-order valence-corrected chi connectivity index (χ1v) is 8.63. The molecule has 128 valence electrons. The van der Waals surface area contributed by atoms with E-state index in [4.69, 9.17) is 14.2 Å². The Morgan fingerprint density at radius 1 is 0.958 bits per heavy atom. The van der Waals surface area contributed by atoms with E-state index in [-0.39, 0.29) is 0 Å². The zero-order chi connectivity index (χ0) is 16.5. The van der Waals surface area contributed by atoms with E-state index in [0.717, 1.165) is 43.2 Å². The van der Waals surface area contributed by atoms with Gasteiger partial charge in [-0.2, -0.15) is 0 Å². The molecule has 24 heavy (non-hydrogen) atoms. The lowest BCUT2D eigenvalue weighted by Crippen LogP contribution is -2.26. The fourth-order valence-corrected chi connectivity index (χ4v) is 2.79. The average Bonchev–Trinajstić information content (AvgIpc) is 3.14. The highest BCUT2D eigenvalue weighted by Gasteiger charge is 2.14. The van der Waals surface area contributed by atoms with Crippen LogP contribution in [0.2, 0.25) is 0 Å². The fourth-order valence-electron chi connectivity index (χ4n) is 2.79. The van der Waals surface area contributed by atoms with Gasteiger partial charge in [0.05, 0.1) is 6.10 Å². The van der Waals surface area contributed by atoms with Crippen LogP contribution in [0.25, 0.3) is 0 Å². The molecule has 1 aliphatic heterocycles. The molecule has 2 aromatic carbocycles. The van der Waals surface area contributed by atoms with Crippen molar-refractivity contribution in [3.05, 3.63) is 60.2 Å². The van der Waals surface area contributed by atoms with Crippen molar-refractivity contribution in [3.8, 4) is 11.5 Å². The molecule has 1 aliphatic rings. The molecule has 4 heteroatoms. The summed E-state index contributed by atoms with van der Waals surface area (Å²) in [7, 11) is 0. The maximum absolute atomic E-state index is 5.89. The summed E-state index contributed by atoms with van der Waals surface area (Å²) in [6.07, 6.45) is 2.69. The molecule has 1 fully saturated rings. The van der Waals surface area contributed by atoms with Crippen LogP contribution in [0, 0.1) is 0 Å². The summed E-state index contributed by atoms with van der Waals surface area (Å²) >= 11 is 0. The third kappa shape index (κ3) is 5.25. The van der Waals surface area contributed by atoms with Gasteiger partial charge in [-0.3, -0.25) is 0 Å². The molecule has 1 N–H and O–H groups in total. The van der Waals surface area contributed by atoms with Crippen molar-refractivity contribution in [1.29, 1.82) is 0 Å². The summed E-state index contributed by atoms with van der Waals surface area (Å²) in [6.45, 7) is 3.63. The molecule has 0 spiro atoms. The lowest BCUT2D eigenvalue weighted by atomic mass is 10.2. The lowest BCUT2D eigenvalue weighted by Gasteiger charge is -2.14. The molecule has 0 amide bonds. The Bertz CT molecular complexity index is 597. The van der Waals surface area contributed by atoms with Crippen LogP contribution in [0.5, 0.6) is 11.5 Å². The highest BCUT2D eigenvalue weighted by Crippen LogP contribution is 2.18. The summed E-state index contributed by atoms with van der Waals surface area (Å²) in [5.41, 5.74) is 1.16. The molecule has 0 radical (unpaired) electrons. The Hall–Kier alpha value is -2.04. The van der Waals surface area contributed by atoms with Gasteiger partial charge in [0.25, 0.3) is 0 Å². The highest BCUT2D eigenvalue weighted by atomic mass is 16.5. The molecule has 1 heterocycles. The molecule has 1 atom stereocenters. The van der Waals surface area contributed by atoms with Crippen molar-refractivity contribution in [2.75, 3.05) is 26.4 Å². The minimum Gasteiger partial charge on any atom is -0.490 e. The van der Waals surface area contributed by atoms with E-state index in [9.17, 15) is 0 Å². The van der Waals surface area contributed by atoms with Crippen LogP contribution in [0.15, 0.2) is 54.6 Å². The van der Waals surface area contributed by atoms with E-state index >= 15 is 0 Å². The van der Waals surface area contributed by atoms with E-state index < -0.39 is 0 Å². The zero-order valence-corrected chi connectivity index (χ0v) is 13.9. The Morgan fingerprint density at radius 2 is 1.75 bits per heavy atom. The molecule has 2 aromatic rings. The van der Waals surface area contributed by atoms with Crippen LogP contribution in [0.3, 0.4) is 0 Å². The lowest BCUT2D eigenvalue weighted by molar-refractivity contribution is 0.110. The first kappa shape index (κ1) is 16.8. The van der Waals surface area contributed by atoms with Gasteiger partial charge in [-0.1, -0.05) is 36.4 Å². The number of hydrogen-bond donors (Lipinski definition) is 1. The summed E-state index contributed by atoms with van der Waals surface area (Å²) in [4.78, 5) is 0. The monoisotopic (exact) mass is 327 g/mol. The number of benzene rings is 2. The third-order valence-electron chi connectivity index (χ3n) is 4.04. The van der Waals surface area contributed by atoms with Crippen molar-refractivity contribution in [2.45, 2.75) is 25.5 Å². The van der Waals surface area contributed by atoms with Crippen LogP contribution < -0.4 is 14.8 Å². The third-order valence-corrected chi connectivity index (χ3v) is 4.04. The normalized spacial score (nSPS) is 16.9. The Labute approximate surface area is 143 Å².